The second kappa shape index (κ2) is 13.3. The van der Waals surface area contributed by atoms with Gasteiger partial charge in [0.1, 0.15) is 18.9 Å². The Kier molecular flexibility index (Phi) is 9.87. The molecule has 0 unspecified atom stereocenters. The number of hydrogen-bond acceptors (Lipinski definition) is 5. The largest absolute Gasteiger partial charge is 0.520 e. The molecule has 1 aromatic heterocycles. The highest BCUT2D eigenvalue weighted by molar-refractivity contribution is 6.87. The predicted octanol–water partition coefficient (Wildman–Crippen LogP) is 3.51. The van der Waals surface area contributed by atoms with Crippen molar-refractivity contribution < 1.29 is 28.5 Å². The fourth-order valence-corrected chi connectivity index (χ4v) is 5.70. The van der Waals surface area contributed by atoms with E-state index in [0.717, 1.165) is 50.6 Å². The number of ether oxygens (including phenoxy) is 4. The molecule has 2 aliphatic rings. The van der Waals surface area contributed by atoms with Crippen LogP contribution in [0.2, 0.25) is 0 Å². The molecule has 3 heterocycles. The van der Waals surface area contributed by atoms with Crippen molar-refractivity contribution in [2.75, 3.05) is 53.9 Å². The van der Waals surface area contributed by atoms with E-state index >= 15 is 0 Å². The second-order valence-electron chi connectivity index (χ2n) is 10.1. The number of aliphatic hydroxyl groups is 1. The van der Waals surface area contributed by atoms with Crippen LogP contribution in [-0.4, -0.2) is 80.1 Å². The summed E-state index contributed by atoms with van der Waals surface area (Å²) >= 11 is 0. The Balaban J connectivity index is 1.95. The number of aliphatic hydroxyl groups excluding tert-OH is 1. The first kappa shape index (κ1) is 29.6. The molecule has 2 aliphatic heterocycles. The number of hydrogen-bond donors (Lipinski definition) is 1. The number of rotatable bonds is 10. The Morgan fingerprint density at radius 1 is 0.875 bits per heavy atom. The summed E-state index contributed by atoms with van der Waals surface area (Å²) in [4.78, 5) is 0. The molecule has 1 N–H and O–H groups in total. The summed E-state index contributed by atoms with van der Waals surface area (Å²) in [5.41, 5.74) is 9.78. The highest BCUT2D eigenvalue weighted by Crippen LogP contribution is 2.43. The topological polar surface area (TPSA) is 65.1 Å². The van der Waals surface area contributed by atoms with Crippen LogP contribution in [0.1, 0.15) is 41.9 Å². The van der Waals surface area contributed by atoms with Crippen LogP contribution in [0.4, 0.5) is 0 Å². The highest BCUT2D eigenvalue weighted by atomic mass is 16.5. The van der Waals surface area contributed by atoms with Gasteiger partial charge in [-0.1, -0.05) is 24.3 Å². The number of benzene rings is 1. The maximum atomic E-state index is 9.64. The first-order valence-electron chi connectivity index (χ1n) is 13.6. The lowest BCUT2D eigenvalue weighted by Gasteiger charge is -2.39. The van der Waals surface area contributed by atoms with Crippen LogP contribution in [0.15, 0.2) is 47.7 Å². The molecule has 0 bridgehead atoms. The predicted molar refractivity (Wildman–Crippen MR) is 159 cm³/mol. The average Bonchev–Trinajstić information content (AvgIpc) is 3.42. The lowest BCUT2D eigenvalue weighted by molar-refractivity contribution is -0.329. The molecule has 0 fully saturated rings. The maximum absolute atomic E-state index is 9.64. The molecule has 0 saturated heterocycles. The molecular formula is C32H39BN2O5. The van der Waals surface area contributed by atoms with Gasteiger partial charge >= 0.3 is 6.42 Å². The quantitative estimate of drug-likeness (QED) is 0.283. The minimum Gasteiger partial charge on any atom is -0.435 e. The Hall–Kier alpha value is -3.37. The Labute approximate surface area is 238 Å². The van der Waals surface area contributed by atoms with Gasteiger partial charge in [0, 0.05) is 38.5 Å². The van der Waals surface area contributed by atoms with Crippen molar-refractivity contribution >= 4 is 17.7 Å². The van der Waals surface area contributed by atoms with Gasteiger partial charge in [-0.2, -0.15) is 11.6 Å². The van der Waals surface area contributed by atoms with Gasteiger partial charge in [-0.3, -0.25) is 0 Å². The number of aromatic nitrogens is 1. The second-order valence-corrected chi connectivity index (χ2v) is 10.1. The minimum atomic E-state index is -1.94. The molecule has 7 nitrogen and oxygen atoms in total. The molecule has 210 valence electrons. The summed E-state index contributed by atoms with van der Waals surface area (Å²) in [6, 6.07) is 10.3. The Morgan fingerprint density at radius 3 is 2.02 bits per heavy atom. The lowest BCUT2D eigenvalue weighted by Crippen LogP contribution is -2.57. The smallest absolute Gasteiger partial charge is 0.435 e. The zero-order valence-electron chi connectivity index (χ0n) is 24.5. The normalized spacial score (nSPS) is 15.2. The van der Waals surface area contributed by atoms with Crippen molar-refractivity contribution in [3.05, 3.63) is 75.8 Å². The first-order chi connectivity index (χ1) is 19.4. The third-order valence-corrected chi connectivity index (χ3v) is 7.30. The molecule has 0 radical (unpaired) electrons. The molecular weight excluding hydrogens is 503 g/mol. The van der Waals surface area contributed by atoms with Gasteiger partial charge in [0.15, 0.2) is 5.70 Å². The standard InChI is InChI=1S/C32H39BN2O5/c1-24-21-26(3)34-31(24)30(29-11-9-28(23-36)10-12-29)32-25(2)22-27(4)35(32)33(34,13-7-15-39-19-17-37-5)14-8-16-40-20-18-38-6/h9-12,21-22,36H,15-20,23H2,1-6H3. The van der Waals surface area contributed by atoms with Gasteiger partial charge in [-0.05, 0) is 49.2 Å². The molecule has 1 aromatic carbocycles. The highest BCUT2D eigenvalue weighted by Gasteiger charge is 2.50. The fraction of sp³-hybridized carbons (Fsp3) is 0.406. The van der Waals surface area contributed by atoms with E-state index in [9.17, 15) is 5.11 Å². The average molecular weight is 542 g/mol. The summed E-state index contributed by atoms with van der Waals surface area (Å²) in [6.45, 7) is 11.1. The molecule has 40 heavy (non-hydrogen) atoms. The summed E-state index contributed by atoms with van der Waals surface area (Å²) in [7, 11) is 3.31. The summed E-state index contributed by atoms with van der Waals surface area (Å²) in [5, 5.41) is 9.64. The van der Waals surface area contributed by atoms with E-state index in [1.165, 1.54) is 0 Å². The molecule has 0 spiro atoms. The third-order valence-electron chi connectivity index (χ3n) is 7.30. The minimum absolute atomic E-state index is 0.00887. The Bertz CT molecular complexity index is 1430. The van der Waals surface area contributed by atoms with Crippen molar-refractivity contribution in [1.29, 1.82) is 0 Å². The molecule has 4 rings (SSSR count). The third kappa shape index (κ3) is 5.74. The van der Waals surface area contributed by atoms with Gasteiger partial charge < -0.3 is 33.0 Å². The van der Waals surface area contributed by atoms with Crippen LogP contribution < -0.4 is 0 Å². The number of allylic oxidation sites excluding steroid dienone is 2. The molecule has 0 atom stereocenters. The number of methoxy groups -OCH3 is 2. The van der Waals surface area contributed by atoms with Crippen LogP contribution in [0.3, 0.4) is 0 Å². The number of nitrogens with zero attached hydrogens (tertiary/aromatic N) is 2. The number of aryl methyl sites for hydroxylation is 2. The molecule has 8 heteroatoms. The number of fused-ring (bicyclic) bond motifs is 2. The maximum Gasteiger partial charge on any atom is 0.520 e. The first-order valence-corrected chi connectivity index (χ1v) is 13.6. The van der Waals surface area contributed by atoms with Crippen molar-refractivity contribution in [2.24, 2.45) is 0 Å². The van der Waals surface area contributed by atoms with Gasteiger partial charge in [0.25, 0.3) is 0 Å². The van der Waals surface area contributed by atoms with Crippen LogP contribution in [-0.2, 0) is 25.6 Å². The van der Waals surface area contributed by atoms with Gasteiger partial charge in [-0.25, -0.2) is 0 Å². The van der Waals surface area contributed by atoms with Crippen LogP contribution in [0.5, 0.6) is 0 Å². The van der Waals surface area contributed by atoms with E-state index in [-0.39, 0.29) is 19.8 Å². The van der Waals surface area contributed by atoms with Crippen molar-refractivity contribution in [1.82, 2.24) is 4.48 Å². The monoisotopic (exact) mass is 542 g/mol. The molecule has 2 aromatic rings. The summed E-state index contributed by atoms with van der Waals surface area (Å²) < 4.78 is 26.3. The lowest BCUT2D eigenvalue weighted by atomic mass is 9.45. The van der Waals surface area contributed by atoms with Crippen molar-refractivity contribution in [2.45, 2.75) is 34.3 Å². The van der Waals surface area contributed by atoms with E-state index in [4.69, 9.17) is 18.9 Å². The van der Waals surface area contributed by atoms with Crippen molar-refractivity contribution in [3.63, 3.8) is 0 Å². The van der Waals surface area contributed by atoms with E-state index in [0.29, 0.717) is 26.4 Å². The summed E-state index contributed by atoms with van der Waals surface area (Å²) in [6.07, 6.45) is 0.269. The zero-order valence-corrected chi connectivity index (χ0v) is 24.5. The van der Waals surface area contributed by atoms with E-state index in [2.05, 4.69) is 84.4 Å². The summed E-state index contributed by atoms with van der Waals surface area (Å²) in [5.74, 6) is 13.8. The Morgan fingerprint density at radius 2 is 1.48 bits per heavy atom. The van der Waals surface area contributed by atoms with Crippen LogP contribution in [0, 0.1) is 37.3 Å². The fourth-order valence-electron chi connectivity index (χ4n) is 5.70. The van der Waals surface area contributed by atoms with Gasteiger partial charge in [-0.15, -0.1) is 11.8 Å². The van der Waals surface area contributed by atoms with E-state index < -0.39 is 6.42 Å². The molecule has 0 amide bonds. The molecule has 0 saturated carbocycles. The van der Waals surface area contributed by atoms with Crippen molar-refractivity contribution in [3.8, 4) is 23.5 Å². The molecule has 0 aliphatic carbocycles. The van der Waals surface area contributed by atoms with Gasteiger partial charge in [0.2, 0.25) is 0 Å². The van der Waals surface area contributed by atoms with E-state index in [1.807, 2.05) is 12.1 Å². The van der Waals surface area contributed by atoms with Crippen LogP contribution in [0.25, 0.3) is 5.57 Å². The van der Waals surface area contributed by atoms with Gasteiger partial charge in [0.05, 0.1) is 38.6 Å². The van der Waals surface area contributed by atoms with Crippen LogP contribution >= 0.6 is 0 Å². The zero-order chi connectivity index (χ0) is 28.7. The SMILES string of the molecule is COCCOCC#C[B-]1(C#CCOCCOC)n2c(C)cc(C)c2C(c2ccc(CO)cc2)=C2C(C)=CC(C)=[N+]21. The van der Waals surface area contributed by atoms with E-state index in [1.54, 1.807) is 14.2 Å².